The minimum atomic E-state index is -1.90. The quantitative estimate of drug-likeness (QED) is 0.173. The Morgan fingerprint density at radius 1 is 0.757 bits per heavy atom. The topological polar surface area (TPSA) is 73.9 Å². The summed E-state index contributed by atoms with van der Waals surface area (Å²) in [7, 11) is -1.90. The van der Waals surface area contributed by atoms with Crippen LogP contribution >= 0.6 is 19.0 Å². The van der Waals surface area contributed by atoms with Crippen molar-refractivity contribution in [2.75, 3.05) is 44.9 Å². The molecule has 3 aromatic rings. The van der Waals surface area contributed by atoms with E-state index in [1.807, 2.05) is 0 Å². The van der Waals surface area contributed by atoms with Gasteiger partial charge >= 0.3 is 5.97 Å². The molecule has 1 aliphatic heterocycles. The SMILES string of the molecule is O=C1N[C@H](C(=O)OCCOCCOCC[P+](c2ccccc2)(c2ccccc2)c2ccccc2)CS1.[Br-]. The summed E-state index contributed by atoms with van der Waals surface area (Å²) < 4.78 is 16.8. The number of hydrogen-bond acceptors (Lipinski definition) is 6. The molecule has 0 aromatic heterocycles. The van der Waals surface area contributed by atoms with Crippen LogP contribution in [0.5, 0.6) is 0 Å². The summed E-state index contributed by atoms with van der Waals surface area (Å²) in [5.74, 6) is -0.0120. The molecule has 0 unspecified atom stereocenters. The smallest absolute Gasteiger partial charge is 0.329 e. The van der Waals surface area contributed by atoms with Crippen LogP contribution in [0.15, 0.2) is 91.0 Å². The zero-order valence-electron chi connectivity index (χ0n) is 20.5. The predicted octanol–water partition coefficient (Wildman–Crippen LogP) is 0.386. The Bertz CT molecular complexity index is 1010. The van der Waals surface area contributed by atoms with Crippen molar-refractivity contribution in [1.29, 1.82) is 0 Å². The first kappa shape index (κ1) is 29.3. The van der Waals surface area contributed by atoms with E-state index in [-0.39, 0.29) is 35.4 Å². The number of rotatable bonds is 13. The van der Waals surface area contributed by atoms with Crippen molar-refractivity contribution in [2.24, 2.45) is 0 Å². The number of ether oxygens (including phenoxy) is 3. The van der Waals surface area contributed by atoms with Crippen LogP contribution in [-0.2, 0) is 19.0 Å². The van der Waals surface area contributed by atoms with E-state index >= 15 is 0 Å². The lowest BCUT2D eigenvalue weighted by Gasteiger charge is -2.27. The molecule has 1 fully saturated rings. The number of carbonyl (C=O) groups excluding carboxylic acids is 2. The van der Waals surface area contributed by atoms with Crippen molar-refractivity contribution in [3.05, 3.63) is 91.0 Å². The molecule has 0 saturated carbocycles. The van der Waals surface area contributed by atoms with Gasteiger partial charge in [-0.2, -0.15) is 0 Å². The molecule has 9 heteroatoms. The van der Waals surface area contributed by atoms with Crippen molar-refractivity contribution < 1.29 is 40.8 Å². The highest BCUT2D eigenvalue weighted by Gasteiger charge is 2.44. The molecule has 6 nitrogen and oxygen atoms in total. The first-order chi connectivity index (χ1) is 17.7. The number of nitrogens with one attached hydrogen (secondary N) is 1. The van der Waals surface area contributed by atoms with Gasteiger partial charge in [-0.1, -0.05) is 66.4 Å². The highest BCUT2D eigenvalue weighted by atomic mass is 79.9. The third-order valence-electron chi connectivity index (χ3n) is 5.96. The lowest BCUT2D eigenvalue weighted by molar-refractivity contribution is -0.146. The summed E-state index contributed by atoms with van der Waals surface area (Å²) in [6, 6.07) is 31.6. The average Bonchev–Trinajstić information content (AvgIpc) is 3.38. The van der Waals surface area contributed by atoms with Gasteiger partial charge in [0, 0.05) is 5.75 Å². The molecule has 1 aliphatic rings. The van der Waals surface area contributed by atoms with Crippen molar-refractivity contribution in [3.8, 4) is 0 Å². The maximum absolute atomic E-state index is 11.9. The molecule has 3 aromatic carbocycles. The van der Waals surface area contributed by atoms with E-state index < -0.39 is 19.3 Å². The van der Waals surface area contributed by atoms with E-state index in [0.29, 0.717) is 25.6 Å². The number of esters is 1. The van der Waals surface area contributed by atoms with E-state index in [1.165, 1.54) is 15.9 Å². The molecule has 1 N–H and O–H groups in total. The summed E-state index contributed by atoms with van der Waals surface area (Å²) in [5, 5.41) is 6.38. The summed E-state index contributed by atoms with van der Waals surface area (Å²) in [6.07, 6.45) is 0.883. The molecule has 0 aliphatic carbocycles. The Hall–Kier alpha value is -2.22. The Balaban J connectivity index is 0.00000380. The van der Waals surface area contributed by atoms with Crippen LogP contribution in [0.3, 0.4) is 0 Å². The standard InChI is InChI=1S/C28H30NO5PS.BrH/c30-27(26-22-36-28(31)29-26)34-19-18-32-16-17-33-20-21-35(23-10-4-1-5-11-23,24-12-6-2-7-13-24)25-14-8-3-9-15-25;/h1-15,26H,16-22H2;1H/t26-;/m0./s1. The molecule has 37 heavy (non-hydrogen) atoms. The van der Waals surface area contributed by atoms with Crippen LogP contribution in [0, 0.1) is 0 Å². The second-order valence-corrected chi connectivity index (χ2v) is 12.8. The third-order valence-corrected chi connectivity index (χ3v) is 11.2. The second kappa shape index (κ2) is 15.3. The largest absolute Gasteiger partial charge is 1.00 e. The normalized spacial score (nSPS) is 15.0. The van der Waals surface area contributed by atoms with Crippen molar-refractivity contribution in [1.82, 2.24) is 5.32 Å². The van der Waals surface area contributed by atoms with Crippen molar-refractivity contribution in [3.63, 3.8) is 0 Å². The first-order valence-corrected chi connectivity index (χ1v) is 15.0. The Morgan fingerprint density at radius 2 is 1.22 bits per heavy atom. The van der Waals surface area contributed by atoms with Gasteiger partial charge in [-0.3, -0.25) is 4.79 Å². The van der Waals surface area contributed by atoms with Gasteiger partial charge in [-0.15, -0.1) is 0 Å². The monoisotopic (exact) mass is 603 g/mol. The summed E-state index contributed by atoms with van der Waals surface area (Å²) in [4.78, 5) is 23.1. The fourth-order valence-corrected chi connectivity index (χ4v) is 9.10. The number of thioether (sulfide) groups is 1. The molecule has 196 valence electrons. The maximum atomic E-state index is 11.9. The Kier molecular flexibility index (Phi) is 12.1. The van der Waals surface area contributed by atoms with Gasteiger partial charge < -0.3 is 36.5 Å². The number of halogens is 1. The summed E-state index contributed by atoms with van der Waals surface area (Å²) in [5.41, 5.74) is 0. The molecular weight excluding hydrogens is 573 g/mol. The number of amides is 1. The third kappa shape index (κ3) is 7.88. The van der Waals surface area contributed by atoms with E-state index in [1.54, 1.807) is 0 Å². The van der Waals surface area contributed by atoms with Crippen molar-refractivity contribution >= 4 is 46.1 Å². The molecule has 1 heterocycles. The minimum Gasteiger partial charge on any atom is -1.00 e. The highest BCUT2D eigenvalue weighted by Crippen LogP contribution is 2.54. The van der Waals surface area contributed by atoms with Gasteiger partial charge in [-0.25, -0.2) is 4.79 Å². The molecule has 0 bridgehead atoms. The molecule has 1 saturated heterocycles. The van der Waals surface area contributed by atoms with Gasteiger partial charge in [0.05, 0.1) is 32.6 Å². The van der Waals surface area contributed by atoms with Gasteiger partial charge in [0.25, 0.3) is 5.24 Å². The molecule has 4 rings (SSSR count). The molecule has 0 spiro atoms. The van der Waals surface area contributed by atoms with Crippen LogP contribution in [0.2, 0.25) is 0 Å². The lowest BCUT2D eigenvalue weighted by Crippen LogP contribution is -3.00. The Morgan fingerprint density at radius 3 is 1.68 bits per heavy atom. The Labute approximate surface area is 233 Å². The van der Waals surface area contributed by atoms with Crippen LogP contribution in [0.25, 0.3) is 0 Å². The lowest BCUT2D eigenvalue weighted by atomic mass is 10.3. The highest BCUT2D eigenvalue weighted by molar-refractivity contribution is 8.14. The summed E-state index contributed by atoms with van der Waals surface area (Å²) >= 11 is 1.09. The number of carbonyl (C=O) groups is 2. The van der Waals surface area contributed by atoms with Gasteiger partial charge in [-0.05, 0) is 36.4 Å². The van der Waals surface area contributed by atoms with Crippen LogP contribution in [-0.4, -0.2) is 62.2 Å². The van der Waals surface area contributed by atoms with Gasteiger partial charge in [0.1, 0.15) is 35.8 Å². The first-order valence-electron chi connectivity index (χ1n) is 12.0. The molecule has 1 amide bonds. The van der Waals surface area contributed by atoms with Crippen LogP contribution < -0.4 is 38.2 Å². The molecular formula is C28H31BrNO5PS. The zero-order chi connectivity index (χ0) is 25.1. The van der Waals surface area contributed by atoms with Gasteiger partial charge in [0.2, 0.25) is 0 Å². The van der Waals surface area contributed by atoms with Crippen LogP contribution in [0.1, 0.15) is 0 Å². The maximum Gasteiger partial charge on any atom is 0.329 e. The summed E-state index contributed by atoms with van der Waals surface area (Å²) in [6.45, 7) is 1.92. The number of hydrogen-bond donors (Lipinski definition) is 1. The van der Waals surface area contributed by atoms with E-state index in [2.05, 4.69) is 96.3 Å². The fraction of sp³-hybridized carbons (Fsp3) is 0.286. The number of benzene rings is 3. The zero-order valence-corrected chi connectivity index (χ0v) is 23.8. The molecule has 1 atom stereocenters. The predicted molar refractivity (Wildman–Crippen MR) is 147 cm³/mol. The van der Waals surface area contributed by atoms with E-state index in [0.717, 1.165) is 17.9 Å². The van der Waals surface area contributed by atoms with E-state index in [9.17, 15) is 9.59 Å². The fourth-order valence-electron chi connectivity index (χ4n) is 4.22. The molecule has 0 radical (unpaired) electrons. The van der Waals surface area contributed by atoms with Gasteiger partial charge in [0.15, 0.2) is 0 Å². The van der Waals surface area contributed by atoms with Crippen molar-refractivity contribution in [2.45, 2.75) is 6.04 Å². The second-order valence-electron chi connectivity index (χ2n) is 8.23. The van der Waals surface area contributed by atoms with E-state index in [4.69, 9.17) is 14.2 Å². The van der Waals surface area contributed by atoms with Crippen LogP contribution in [0.4, 0.5) is 4.79 Å². The average molecular weight is 605 g/mol. The minimum absolute atomic E-state index is 0.